The van der Waals surface area contributed by atoms with Gasteiger partial charge in [-0.3, -0.25) is 9.52 Å². The molecule has 0 bridgehead atoms. The molecule has 0 spiro atoms. The highest BCUT2D eigenvalue weighted by Crippen LogP contribution is 2.22. The fourth-order valence-electron chi connectivity index (χ4n) is 3.25. The van der Waals surface area contributed by atoms with Crippen LogP contribution in [0.3, 0.4) is 0 Å². The van der Waals surface area contributed by atoms with Crippen LogP contribution in [0.15, 0.2) is 65.1 Å². The van der Waals surface area contributed by atoms with Gasteiger partial charge in [0.25, 0.3) is 15.9 Å². The highest BCUT2D eigenvalue weighted by Gasteiger charge is 2.16. The lowest BCUT2D eigenvalue weighted by molar-refractivity contribution is 0.0954. The molecule has 0 saturated heterocycles. The average Bonchev–Trinajstić information content (AvgIpc) is 2.71. The number of carbonyl (C=O) groups is 1. The molecule has 0 fully saturated rings. The smallest absolute Gasteiger partial charge is 0.261 e. The minimum atomic E-state index is -3.70. The Labute approximate surface area is 166 Å². The topological polar surface area (TPSA) is 75.3 Å². The molecule has 148 valence electrons. The zero-order valence-electron chi connectivity index (χ0n) is 16.1. The van der Waals surface area contributed by atoms with E-state index < -0.39 is 10.0 Å². The molecule has 3 rings (SSSR count). The van der Waals surface area contributed by atoms with Crippen LogP contribution in [0, 0.1) is 6.92 Å². The summed E-state index contributed by atoms with van der Waals surface area (Å²) in [6.07, 6.45) is 7.87. The van der Waals surface area contributed by atoms with Gasteiger partial charge in [0.1, 0.15) is 0 Å². The molecule has 1 amide bonds. The molecule has 2 aromatic carbocycles. The molecule has 0 unspecified atom stereocenters. The summed E-state index contributed by atoms with van der Waals surface area (Å²) in [7, 11) is -3.70. The van der Waals surface area contributed by atoms with E-state index in [1.807, 2.05) is 0 Å². The van der Waals surface area contributed by atoms with E-state index in [2.05, 4.69) is 16.1 Å². The molecule has 0 aromatic heterocycles. The summed E-state index contributed by atoms with van der Waals surface area (Å²) in [5.41, 5.74) is 3.01. The van der Waals surface area contributed by atoms with Crippen LogP contribution < -0.4 is 10.0 Å². The first kappa shape index (κ1) is 20.1. The van der Waals surface area contributed by atoms with Crippen molar-refractivity contribution in [3.63, 3.8) is 0 Å². The summed E-state index contributed by atoms with van der Waals surface area (Å²) < 4.78 is 27.7. The number of allylic oxidation sites excluding steroid dienone is 1. The fraction of sp³-hybridized carbons (Fsp3) is 0.318. The average molecular weight is 399 g/mol. The number of benzene rings is 2. The van der Waals surface area contributed by atoms with Gasteiger partial charge in [-0.2, -0.15) is 0 Å². The fourth-order valence-corrected chi connectivity index (χ4v) is 4.39. The monoisotopic (exact) mass is 398 g/mol. The van der Waals surface area contributed by atoms with E-state index in [0.717, 1.165) is 24.8 Å². The largest absolute Gasteiger partial charge is 0.352 e. The molecule has 0 atom stereocenters. The van der Waals surface area contributed by atoms with Crippen LogP contribution in [0.1, 0.15) is 48.0 Å². The zero-order chi connectivity index (χ0) is 20.0. The second kappa shape index (κ2) is 9.06. The number of carbonyl (C=O) groups excluding carboxylic acids is 1. The van der Waals surface area contributed by atoms with Crippen molar-refractivity contribution in [3.05, 3.63) is 71.3 Å². The summed E-state index contributed by atoms with van der Waals surface area (Å²) >= 11 is 0. The molecule has 1 aliphatic rings. The SMILES string of the molecule is Cc1ccc(C(=O)NCCC2=CCCCC2)cc1NS(=O)(=O)c1ccccc1. The van der Waals surface area contributed by atoms with Crippen molar-refractivity contribution in [1.82, 2.24) is 5.32 Å². The number of nitrogens with one attached hydrogen (secondary N) is 2. The Morgan fingerprint density at radius 2 is 1.86 bits per heavy atom. The number of hydrogen-bond donors (Lipinski definition) is 2. The Hall–Kier alpha value is -2.60. The summed E-state index contributed by atoms with van der Waals surface area (Å²) in [6, 6.07) is 13.2. The number of rotatable bonds is 7. The van der Waals surface area contributed by atoms with Gasteiger partial charge in [-0.15, -0.1) is 0 Å². The predicted molar refractivity (Wildman–Crippen MR) is 112 cm³/mol. The molecule has 0 radical (unpaired) electrons. The van der Waals surface area contributed by atoms with Crippen LogP contribution in [-0.2, 0) is 10.0 Å². The lowest BCUT2D eigenvalue weighted by atomic mass is 9.97. The van der Waals surface area contributed by atoms with Gasteiger partial charge in [-0.25, -0.2) is 8.42 Å². The molecule has 0 heterocycles. The van der Waals surface area contributed by atoms with Crippen molar-refractivity contribution in [2.45, 2.75) is 43.9 Å². The molecule has 0 aliphatic heterocycles. The first-order chi connectivity index (χ1) is 13.5. The third-order valence-corrected chi connectivity index (χ3v) is 6.30. The van der Waals surface area contributed by atoms with Crippen molar-refractivity contribution < 1.29 is 13.2 Å². The highest BCUT2D eigenvalue weighted by atomic mass is 32.2. The Kier molecular flexibility index (Phi) is 6.52. The summed E-state index contributed by atoms with van der Waals surface area (Å²) in [6.45, 7) is 2.39. The van der Waals surface area contributed by atoms with Crippen LogP contribution >= 0.6 is 0 Å². The molecule has 6 heteroatoms. The van der Waals surface area contributed by atoms with Gasteiger partial charge in [0, 0.05) is 12.1 Å². The molecule has 0 saturated carbocycles. The Bertz CT molecular complexity index is 967. The maximum Gasteiger partial charge on any atom is 0.261 e. The number of anilines is 1. The van der Waals surface area contributed by atoms with E-state index in [1.165, 1.54) is 30.5 Å². The zero-order valence-corrected chi connectivity index (χ0v) is 16.9. The van der Waals surface area contributed by atoms with Gasteiger partial charge in [-0.05, 0) is 68.9 Å². The quantitative estimate of drug-likeness (QED) is 0.678. The second-order valence-electron chi connectivity index (χ2n) is 7.06. The van der Waals surface area contributed by atoms with E-state index in [9.17, 15) is 13.2 Å². The van der Waals surface area contributed by atoms with Crippen molar-refractivity contribution in [2.24, 2.45) is 0 Å². The van der Waals surface area contributed by atoms with Crippen molar-refractivity contribution in [1.29, 1.82) is 0 Å². The van der Waals surface area contributed by atoms with Crippen LogP contribution in [0.4, 0.5) is 5.69 Å². The Morgan fingerprint density at radius 3 is 2.57 bits per heavy atom. The van der Waals surface area contributed by atoms with E-state index in [-0.39, 0.29) is 10.8 Å². The number of amides is 1. The maximum absolute atomic E-state index is 12.6. The Morgan fingerprint density at radius 1 is 1.07 bits per heavy atom. The van der Waals surface area contributed by atoms with Crippen molar-refractivity contribution in [2.75, 3.05) is 11.3 Å². The summed E-state index contributed by atoms with van der Waals surface area (Å²) in [5, 5.41) is 2.93. The minimum Gasteiger partial charge on any atom is -0.352 e. The van der Waals surface area contributed by atoms with Crippen LogP contribution in [0.25, 0.3) is 0 Å². The third kappa shape index (κ3) is 5.23. The molecule has 2 aromatic rings. The summed E-state index contributed by atoms with van der Waals surface area (Å²) in [4.78, 5) is 12.7. The van der Waals surface area contributed by atoms with Crippen LogP contribution in [0.2, 0.25) is 0 Å². The molecule has 2 N–H and O–H groups in total. The van der Waals surface area contributed by atoms with Gasteiger partial charge < -0.3 is 5.32 Å². The van der Waals surface area contributed by atoms with Gasteiger partial charge in [-0.1, -0.05) is 35.9 Å². The van der Waals surface area contributed by atoms with Gasteiger partial charge >= 0.3 is 0 Å². The second-order valence-corrected chi connectivity index (χ2v) is 8.74. The Balaban J connectivity index is 1.67. The van der Waals surface area contributed by atoms with Crippen LogP contribution in [0.5, 0.6) is 0 Å². The number of sulfonamides is 1. The molecular formula is C22H26N2O3S. The predicted octanol–water partition coefficient (Wildman–Crippen LogP) is 4.42. The van der Waals surface area contributed by atoms with Crippen molar-refractivity contribution in [3.8, 4) is 0 Å². The third-order valence-electron chi connectivity index (χ3n) is 4.91. The van der Waals surface area contributed by atoms with E-state index in [1.54, 1.807) is 43.3 Å². The molecule has 28 heavy (non-hydrogen) atoms. The lowest BCUT2D eigenvalue weighted by Crippen LogP contribution is -2.25. The highest BCUT2D eigenvalue weighted by molar-refractivity contribution is 7.92. The van der Waals surface area contributed by atoms with Gasteiger partial charge in [0.2, 0.25) is 0 Å². The first-order valence-corrected chi connectivity index (χ1v) is 11.1. The van der Waals surface area contributed by atoms with Gasteiger partial charge in [0.15, 0.2) is 0 Å². The summed E-state index contributed by atoms with van der Waals surface area (Å²) in [5.74, 6) is -0.198. The number of hydrogen-bond acceptors (Lipinski definition) is 3. The molecule has 1 aliphatic carbocycles. The van der Waals surface area contributed by atoms with Gasteiger partial charge in [0.05, 0.1) is 10.6 Å². The van der Waals surface area contributed by atoms with E-state index >= 15 is 0 Å². The van der Waals surface area contributed by atoms with Crippen molar-refractivity contribution >= 4 is 21.6 Å². The normalized spacial score (nSPS) is 14.2. The number of aryl methyl sites for hydroxylation is 1. The maximum atomic E-state index is 12.6. The standard InChI is InChI=1S/C22H26N2O3S/c1-17-12-13-19(22(25)23-15-14-18-8-4-2-5-9-18)16-21(17)24-28(26,27)20-10-6-3-7-11-20/h3,6-8,10-13,16,24H,2,4-5,9,14-15H2,1H3,(H,23,25). The first-order valence-electron chi connectivity index (χ1n) is 9.60. The lowest BCUT2D eigenvalue weighted by Gasteiger charge is -2.14. The van der Waals surface area contributed by atoms with Crippen LogP contribution in [-0.4, -0.2) is 20.9 Å². The molecule has 5 nitrogen and oxygen atoms in total. The minimum absolute atomic E-state index is 0.185. The van der Waals surface area contributed by atoms with E-state index in [0.29, 0.717) is 17.8 Å². The van der Waals surface area contributed by atoms with E-state index in [4.69, 9.17) is 0 Å². The molecular weight excluding hydrogens is 372 g/mol.